The fourth-order valence-corrected chi connectivity index (χ4v) is 2.21. The van der Waals surface area contributed by atoms with Crippen LogP contribution in [0.15, 0.2) is 45.5 Å². The summed E-state index contributed by atoms with van der Waals surface area (Å²) in [7, 11) is 0. The minimum absolute atomic E-state index is 0.0291. The normalized spacial score (nSPS) is 11.2. The summed E-state index contributed by atoms with van der Waals surface area (Å²) >= 11 is 3.05. The number of carbonyl (C=O) groups excluding carboxylic acids is 2. The Morgan fingerprint density at radius 2 is 1.62 bits per heavy atom. The van der Waals surface area contributed by atoms with Gasteiger partial charge in [-0.3, -0.25) is 9.59 Å². The smallest absolute Gasteiger partial charge is 0.417 e. The van der Waals surface area contributed by atoms with Crippen molar-refractivity contribution in [2.75, 3.05) is 13.1 Å². The molecule has 2 rings (SSSR count). The summed E-state index contributed by atoms with van der Waals surface area (Å²) in [6, 6.07) is 7.49. The van der Waals surface area contributed by atoms with Gasteiger partial charge in [-0.05, 0) is 40.2 Å². The Morgan fingerprint density at radius 1 is 1.00 bits per heavy atom. The lowest BCUT2D eigenvalue weighted by Crippen LogP contribution is -2.35. The van der Waals surface area contributed by atoms with E-state index >= 15 is 0 Å². The van der Waals surface area contributed by atoms with E-state index in [1.165, 1.54) is 18.2 Å². The molecule has 0 aliphatic heterocycles. The van der Waals surface area contributed by atoms with Crippen LogP contribution in [0.25, 0.3) is 0 Å². The molecule has 0 unspecified atom stereocenters. The minimum atomic E-state index is -4.62. The number of amides is 2. The molecule has 24 heavy (non-hydrogen) atoms. The number of nitrogens with one attached hydrogen (secondary N) is 2. The third kappa shape index (κ3) is 4.60. The van der Waals surface area contributed by atoms with Crippen LogP contribution in [0.1, 0.15) is 26.5 Å². The van der Waals surface area contributed by atoms with Gasteiger partial charge in [0.2, 0.25) is 0 Å². The van der Waals surface area contributed by atoms with Gasteiger partial charge < -0.3 is 15.1 Å². The summed E-state index contributed by atoms with van der Waals surface area (Å²) in [5.41, 5.74) is -1.47. The number of hydrogen-bond donors (Lipinski definition) is 2. The van der Waals surface area contributed by atoms with Gasteiger partial charge in [0.15, 0.2) is 10.4 Å². The lowest BCUT2D eigenvalue weighted by Gasteiger charge is -2.12. The summed E-state index contributed by atoms with van der Waals surface area (Å²) in [5.74, 6) is -1.28. The maximum atomic E-state index is 12.8. The second-order valence-corrected chi connectivity index (χ2v) is 5.44. The van der Waals surface area contributed by atoms with Gasteiger partial charge in [-0.2, -0.15) is 13.2 Å². The van der Waals surface area contributed by atoms with Crippen LogP contribution in [0.3, 0.4) is 0 Å². The zero-order chi connectivity index (χ0) is 17.7. The molecule has 0 fully saturated rings. The average molecular weight is 405 g/mol. The third-order valence-corrected chi connectivity index (χ3v) is 3.40. The summed E-state index contributed by atoms with van der Waals surface area (Å²) in [5, 5.41) is 4.80. The highest BCUT2D eigenvalue weighted by Gasteiger charge is 2.34. The fraction of sp³-hybridized carbons (Fsp3) is 0.200. The molecule has 0 radical (unpaired) electrons. The van der Waals surface area contributed by atoms with Crippen LogP contribution in [-0.4, -0.2) is 24.9 Å². The first-order valence-corrected chi connectivity index (χ1v) is 7.56. The molecule has 0 aliphatic rings. The van der Waals surface area contributed by atoms with Crippen molar-refractivity contribution in [3.63, 3.8) is 0 Å². The molecule has 128 valence electrons. The van der Waals surface area contributed by atoms with Crippen LogP contribution < -0.4 is 10.6 Å². The van der Waals surface area contributed by atoms with Gasteiger partial charge in [0.1, 0.15) is 0 Å². The number of furan rings is 1. The Hall–Kier alpha value is -2.29. The molecule has 2 aromatic rings. The lowest BCUT2D eigenvalue weighted by molar-refractivity contribution is -0.137. The first kappa shape index (κ1) is 18.1. The van der Waals surface area contributed by atoms with E-state index < -0.39 is 29.1 Å². The van der Waals surface area contributed by atoms with E-state index in [-0.39, 0.29) is 18.8 Å². The zero-order valence-corrected chi connectivity index (χ0v) is 13.7. The van der Waals surface area contributed by atoms with Crippen LogP contribution in [0.4, 0.5) is 13.2 Å². The highest BCUT2D eigenvalue weighted by molar-refractivity contribution is 9.10. The fourth-order valence-electron chi connectivity index (χ4n) is 1.90. The van der Waals surface area contributed by atoms with Gasteiger partial charge in [-0.15, -0.1) is 0 Å². The third-order valence-electron chi connectivity index (χ3n) is 2.97. The molecular formula is C15H12BrF3N2O3. The Balaban J connectivity index is 1.87. The van der Waals surface area contributed by atoms with Crippen LogP contribution in [0.5, 0.6) is 0 Å². The maximum absolute atomic E-state index is 12.8. The topological polar surface area (TPSA) is 71.3 Å². The summed E-state index contributed by atoms with van der Waals surface area (Å²) < 4.78 is 44.0. The summed E-state index contributed by atoms with van der Waals surface area (Å²) in [6.07, 6.45) is -4.62. The van der Waals surface area contributed by atoms with Crippen molar-refractivity contribution in [1.29, 1.82) is 0 Å². The number of alkyl halides is 3. The standard InChI is InChI=1S/C15H12BrF3N2O3/c16-12-6-5-11(24-12)14(23)21-8-7-20-13(22)9-3-1-2-4-10(9)15(17,18)19/h1-6H,7-8H2,(H,20,22)(H,21,23). The van der Waals surface area contributed by atoms with E-state index in [9.17, 15) is 22.8 Å². The molecule has 2 amide bonds. The van der Waals surface area contributed by atoms with Crippen LogP contribution >= 0.6 is 15.9 Å². The predicted octanol–water partition coefficient (Wildman–Crippen LogP) is 3.22. The summed E-state index contributed by atoms with van der Waals surface area (Å²) in [4.78, 5) is 23.6. The molecule has 0 aliphatic carbocycles. The molecule has 1 aromatic heterocycles. The van der Waals surface area contributed by atoms with E-state index in [0.29, 0.717) is 4.67 Å². The summed E-state index contributed by atoms with van der Waals surface area (Å²) in [6.45, 7) is 0.00964. The largest absolute Gasteiger partial charge is 0.444 e. The number of carbonyl (C=O) groups is 2. The molecule has 1 heterocycles. The second kappa shape index (κ2) is 7.52. The predicted molar refractivity (Wildman–Crippen MR) is 82.5 cm³/mol. The monoisotopic (exact) mass is 404 g/mol. The van der Waals surface area contributed by atoms with Crippen molar-refractivity contribution in [3.05, 3.63) is 58.0 Å². The van der Waals surface area contributed by atoms with Crippen LogP contribution in [0, 0.1) is 0 Å². The van der Waals surface area contributed by atoms with Crippen molar-refractivity contribution in [1.82, 2.24) is 10.6 Å². The van der Waals surface area contributed by atoms with E-state index in [1.807, 2.05) is 0 Å². The van der Waals surface area contributed by atoms with Crippen molar-refractivity contribution >= 4 is 27.7 Å². The van der Waals surface area contributed by atoms with E-state index in [2.05, 4.69) is 26.6 Å². The molecule has 1 aromatic carbocycles. The lowest BCUT2D eigenvalue weighted by atomic mass is 10.1. The second-order valence-electron chi connectivity index (χ2n) is 4.66. The van der Waals surface area contributed by atoms with Crippen molar-refractivity contribution in [2.24, 2.45) is 0 Å². The maximum Gasteiger partial charge on any atom is 0.417 e. The van der Waals surface area contributed by atoms with E-state index in [4.69, 9.17) is 4.42 Å². The number of hydrogen-bond acceptors (Lipinski definition) is 3. The van der Waals surface area contributed by atoms with E-state index in [1.54, 1.807) is 6.07 Å². The first-order valence-electron chi connectivity index (χ1n) is 6.77. The van der Waals surface area contributed by atoms with Gasteiger partial charge >= 0.3 is 6.18 Å². The van der Waals surface area contributed by atoms with Crippen molar-refractivity contribution in [2.45, 2.75) is 6.18 Å². The van der Waals surface area contributed by atoms with Crippen molar-refractivity contribution < 1.29 is 27.2 Å². The Morgan fingerprint density at radius 3 is 2.21 bits per heavy atom. The molecule has 0 spiro atoms. The van der Waals surface area contributed by atoms with Gasteiger partial charge in [-0.1, -0.05) is 12.1 Å². The first-order chi connectivity index (χ1) is 11.3. The van der Waals surface area contributed by atoms with Crippen molar-refractivity contribution in [3.8, 4) is 0 Å². The van der Waals surface area contributed by atoms with Gasteiger partial charge in [-0.25, -0.2) is 0 Å². The molecule has 0 saturated heterocycles. The van der Waals surface area contributed by atoms with E-state index in [0.717, 1.165) is 12.1 Å². The average Bonchev–Trinajstić information content (AvgIpc) is 2.97. The molecule has 2 N–H and O–H groups in total. The Kier molecular flexibility index (Phi) is 5.66. The Bertz CT molecular complexity index is 744. The molecule has 0 saturated carbocycles. The number of halogens is 4. The molecular weight excluding hydrogens is 393 g/mol. The molecule has 5 nitrogen and oxygen atoms in total. The highest BCUT2D eigenvalue weighted by atomic mass is 79.9. The Labute approximate surface area is 143 Å². The number of benzene rings is 1. The van der Waals surface area contributed by atoms with Gasteiger partial charge in [0.25, 0.3) is 11.8 Å². The number of rotatable bonds is 5. The highest BCUT2D eigenvalue weighted by Crippen LogP contribution is 2.31. The van der Waals surface area contributed by atoms with Crippen LogP contribution in [-0.2, 0) is 6.18 Å². The molecule has 9 heteroatoms. The van der Waals surface area contributed by atoms with Gasteiger partial charge in [0.05, 0.1) is 11.1 Å². The quantitative estimate of drug-likeness (QED) is 0.751. The SMILES string of the molecule is O=C(NCCNC(=O)c1ccccc1C(F)(F)F)c1ccc(Br)o1. The van der Waals surface area contributed by atoms with Crippen LogP contribution in [0.2, 0.25) is 0 Å². The van der Waals surface area contributed by atoms with Gasteiger partial charge in [0, 0.05) is 13.1 Å². The molecule has 0 bridgehead atoms. The molecule has 0 atom stereocenters. The zero-order valence-electron chi connectivity index (χ0n) is 12.1. The minimum Gasteiger partial charge on any atom is -0.444 e.